The summed E-state index contributed by atoms with van der Waals surface area (Å²) < 4.78 is 8.84. The van der Waals surface area contributed by atoms with Crippen LogP contribution in [0.1, 0.15) is 133 Å². The molecule has 3 heterocycles. The second-order valence-electron chi connectivity index (χ2n) is 18.2. The van der Waals surface area contributed by atoms with Crippen molar-refractivity contribution in [1.29, 1.82) is 0 Å². The quantitative estimate of drug-likeness (QED) is 0.283. The van der Waals surface area contributed by atoms with Gasteiger partial charge < -0.3 is 24.6 Å². The van der Waals surface area contributed by atoms with Crippen LogP contribution in [0.5, 0.6) is 0 Å². The first-order valence-corrected chi connectivity index (χ1v) is 18.3. The van der Waals surface area contributed by atoms with E-state index in [1.165, 1.54) is 18.2 Å². The van der Waals surface area contributed by atoms with Gasteiger partial charge in [-0.2, -0.15) is 0 Å². The summed E-state index contributed by atoms with van der Waals surface area (Å²) in [5.74, 6) is -0.142. The molecule has 7 nitrogen and oxygen atoms in total. The molecule has 3 N–H and O–H groups in total. The number of rotatable bonds is 4. The summed E-state index contributed by atoms with van der Waals surface area (Å²) in [6, 6.07) is 1.73. The van der Waals surface area contributed by atoms with Crippen molar-refractivity contribution in [3.63, 3.8) is 0 Å². The van der Waals surface area contributed by atoms with Gasteiger partial charge in [-0.05, 0) is 120 Å². The van der Waals surface area contributed by atoms with E-state index in [2.05, 4.69) is 57.9 Å². The minimum absolute atomic E-state index is 0. The molecule has 10 atom stereocenters. The summed E-state index contributed by atoms with van der Waals surface area (Å²) in [5.41, 5.74) is 5.34. The first kappa shape index (κ1) is 36.9. The van der Waals surface area contributed by atoms with Crippen LogP contribution in [0.25, 0.3) is 16.5 Å². The molecule has 1 radical (unpaired) electrons. The van der Waals surface area contributed by atoms with Crippen molar-refractivity contribution < 1.29 is 73.7 Å². The number of aromatic nitrogens is 1. The number of carbonyl (C=O) groups is 2. The van der Waals surface area contributed by atoms with Crippen LogP contribution < -0.4 is 0 Å². The molecule has 2 fully saturated rings. The SMILES string of the molecule is C=C(C)[C@H]1C(=O)c2c3c(cc4c5c(n1c24)[C@@]1(C)C(CC[C@H]2[C@](C)(/C=C/C(O)C(C)=O)[C@@H](O)CC[C@@]21C)C5)C1=CC(C)(C)OC(C)(C)C1[C@@H]3O.[Ac]. The van der Waals surface area contributed by atoms with Gasteiger partial charge in [0.05, 0.1) is 34.5 Å². The van der Waals surface area contributed by atoms with Gasteiger partial charge in [0, 0.05) is 77.5 Å². The molecule has 8 heteroatoms. The Hall–Kier alpha value is -1.40. The number of fused-ring (bicyclic) bond motifs is 11. The number of ether oxygens (including phenoxy) is 1. The summed E-state index contributed by atoms with van der Waals surface area (Å²) in [7, 11) is 0. The predicted octanol–water partition coefficient (Wildman–Crippen LogP) is 7.10. The Morgan fingerprint density at radius 3 is 2.40 bits per heavy atom. The van der Waals surface area contributed by atoms with Gasteiger partial charge in [0.25, 0.3) is 0 Å². The van der Waals surface area contributed by atoms with Gasteiger partial charge in [0.15, 0.2) is 11.6 Å². The molecule has 265 valence electrons. The molecular weight excluding hydrogens is 841 g/mol. The Morgan fingerprint density at radius 1 is 1.08 bits per heavy atom. The predicted molar refractivity (Wildman–Crippen MR) is 190 cm³/mol. The maximum Gasteiger partial charge on any atom is 0.192 e. The molecule has 6 aliphatic rings. The number of ketones is 2. The Bertz CT molecular complexity index is 1950. The van der Waals surface area contributed by atoms with Crippen LogP contribution in [0, 0.1) is 72.6 Å². The van der Waals surface area contributed by atoms with Crippen LogP contribution >= 0.6 is 0 Å². The van der Waals surface area contributed by atoms with Crippen molar-refractivity contribution in [2.45, 2.75) is 135 Å². The fourth-order valence-corrected chi connectivity index (χ4v) is 12.5. The van der Waals surface area contributed by atoms with Crippen LogP contribution in [0.3, 0.4) is 0 Å². The van der Waals surface area contributed by atoms with E-state index in [4.69, 9.17) is 4.74 Å². The van der Waals surface area contributed by atoms with E-state index in [-0.39, 0.29) is 78.3 Å². The first-order valence-electron chi connectivity index (χ1n) is 18.3. The van der Waals surface area contributed by atoms with Gasteiger partial charge in [-0.15, -0.1) is 0 Å². The van der Waals surface area contributed by atoms with E-state index in [0.717, 1.165) is 58.9 Å². The minimum atomic E-state index is -1.20. The van der Waals surface area contributed by atoms with Gasteiger partial charge in [-0.25, -0.2) is 0 Å². The minimum Gasteiger partial charge on any atom is -0.392 e. The molecule has 1 aromatic carbocycles. The smallest absolute Gasteiger partial charge is 0.192 e. The number of hydrogen-bond donors (Lipinski definition) is 3. The van der Waals surface area contributed by atoms with Crippen molar-refractivity contribution in [3.8, 4) is 0 Å². The zero-order chi connectivity index (χ0) is 35.5. The Balaban J connectivity index is 0.00000392. The third-order valence-corrected chi connectivity index (χ3v) is 14.7. The zero-order valence-electron chi connectivity index (χ0n) is 31.2. The molecule has 2 saturated carbocycles. The molecule has 0 amide bonds. The molecule has 8 rings (SSSR count). The number of benzene rings is 1. The van der Waals surface area contributed by atoms with Crippen molar-refractivity contribution in [3.05, 3.63) is 64.4 Å². The summed E-state index contributed by atoms with van der Waals surface area (Å²) in [5, 5.41) is 35.3. The fourth-order valence-electron chi connectivity index (χ4n) is 12.5. The van der Waals surface area contributed by atoms with E-state index in [1.54, 1.807) is 6.08 Å². The second-order valence-corrected chi connectivity index (χ2v) is 18.2. The number of aliphatic hydroxyl groups excluding tert-OH is 3. The van der Waals surface area contributed by atoms with Gasteiger partial charge in [-0.1, -0.05) is 45.1 Å². The topological polar surface area (TPSA) is 109 Å². The zero-order valence-corrected chi connectivity index (χ0v) is 35.9. The third kappa shape index (κ3) is 4.45. The van der Waals surface area contributed by atoms with Gasteiger partial charge in [0.2, 0.25) is 0 Å². The van der Waals surface area contributed by atoms with Crippen LogP contribution in [0.15, 0.2) is 36.4 Å². The molecule has 3 unspecified atom stereocenters. The van der Waals surface area contributed by atoms with Gasteiger partial charge in [-0.3, -0.25) is 9.59 Å². The molecule has 50 heavy (non-hydrogen) atoms. The Kier molecular flexibility index (Phi) is 8.36. The van der Waals surface area contributed by atoms with E-state index >= 15 is 0 Å². The standard InChI is InChI=1S/C42H53NO6.Ac/c1-20(2)33-36(48)31-30-23(26-19-38(4,5)49-39(6,7)32(26)35(30)47)18-24-25-17-22-11-12-28-40(8,15-13-27(45)21(3)44)29(46)14-16-41(28,9)42(22,10)37(25)43(33)34(24)31;/h13,15,18-19,22,27-29,32-33,35,45-47H,1,11-12,14,16-17H2,2-10H3;/b15-13+;/t22?,27?,28-,29-,32?,33-,35+,40-,41-,42+;/m0./s1. The molecule has 2 aromatic rings. The summed E-state index contributed by atoms with van der Waals surface area (Å²) >= 11 is 0. The normalized spacial score (nSPS) is 39.3. The maximum absolute atomic E-state index is 14.8. The van der Waals surface area contributed by atoms with E-state index in [0.29, 0.717) is 17.9 Å². The second kappa shape index (κ2) is 11.3. The molecule has 2 aliphatic heterocycles. The van der Waals surface area contributed by atoms with Crippen molar-refractivity contribution in [2.75, 3.05) is 0 Å². The summed E-state index contributed by atoms with van der Waals surface area (Å²) in [6.45, 7) is 22.8. The van der Waals surface area contributed by atoms with Crippen LogP contribution in [-0.4, -0.2) is 54.9 Å². The van der Waals surface area contributed by atoms with Crippen molar-refractivity contribution >= 4 is 28.0 Å². The number of nitrogens with zero attached hydrogens (tertiary/aromatic N) is 1. The van der Waals surface area contributed by atoms with Crippen LogP contribution in [0.2, 0.25) is 0 Å². The van der Waals surface area contributed by atoms with Gasteiger partial charge >= 0.3 is 0 Å². The van der Waals surface area contributed by atoms with Crippen molar-refractivity contribution in [2.24, 2.45) is 28.6 Å². The van der Waals surface area contributed by atoms with Gasteiger partial charge in [0.1, 0.15) is 12.1 Å². The monoisotopic (exact) mass is 894 g/mol. The number of allylic oxidation sites excluding steroid dienone is 1. The van der Waals surface area contributed by atoms with Crippen LogP contribution in [-0.2, 0) is 21.4 Å². The maximum atomic E-state index is 14.8. The third-order valence-electron chi connectivity index (χ3n) is 14.7. The summed E-state index contributed by atoms with van der Waals surface area (Å²) in [6.07, 6.45) is 7.26. The average molecular weight is 895 g/mol. The first-order chi connectivity index (χ1) is 22.7. The number of aliphatic hydroxyl groups is 3. The van der Waals surface area contributed by atoms with E-state index in [9.17, 15) is 24.9 Å². The molecule has 0 saturated heterocycles. The number of hydrogen-bond acceptors (Lipinski definition) is 6. The number of carbonyl (C=O) groups excluding carboxylic acids is 2. The van der Waals surface area contributed by atoms with E-state index in [1.807, 2.05) is 26.8 Å². The average Bonchev–Trinajstić information content (AvgIpc) is 3.66. The molecule has 0 spiro atoms. The molecule has 1 aromatic heterocycles. The van der Waals surface area contributed by atoms with E-state index < -0.39 is 41.0 Å². The largest absolute Gasteiger partial charge is 0.392 e. The fraction of sp³-hybridized carbons (Fsp3) is 0.619. The molecule has 0 bridgehead atoms. The number of Topliss-reactive ketones (excluding diaryl/α,β-unsaturated/α-hetero) is 2. The van der Waals surface area contributed by atoms with Crippen molar-refractivity contribution in [1.82, 2.24) is 4.57 Å². The molecular formula is C42H53AcNO6. The summed E-state index contributed by atoms with van der Waals surface area (Å²) in [4.78, 5) is 26.8. The Morgan fingerprint density at radius 2 is 1.76 bits per heavy atom. The Labute approximate surface area is 332 Å². The van der Waals surface area contributed by atoms with Crippen LogP contribution in [0.4, 0.5) is 0 Å². The molecule has 4 aliphatic carbocycles.